The van der Waals surface area contributed by atoms with Gasteiger partial charge in [0.15, 0.2) is 0 Å². The van der Waals surface area contributed by atoms with Gasteiger partial charge in [-0.05, 0) is 43.2 Å². The van der Waals surface area contributed by atoms with Crippen molar-refractivity contribution in [1.29, 1.82) is 0 Å². The van der Waals surface area contributed by atoms with Crippen molar-refractivity contribution in [3.05, 3.63) is 63.9 Å². The van der Waals surface area contributed by atoms with E-state index >= 15 is 0 Å². The highest BCUT2D eigenvalue weighted by Gasteiger charge is 2.05. The van der Waals surface area contributed by atoms with Crippen molar-refractivity contribution in [2.45, 2.75) is 20.4 Å². The number of fused-ring (bicyclic) bond motifs is 1. The van der Waals surface area contributed by atoms with Crippen molar-refractivity contribution < 1.29 is 0 Å². The first-order valence-corrected chi connectivity index (χ1v) is 7.09. The van der Waals surface area contributed by atoms with Crippen molar-refractivity contribution in [3.63, 3.8) is 0 Å². The van der Waals surface area contributed by atoms with Crippen LogP contribution in [0.25, 0.3) is 11.0 Å². The van der Waals surface area contributed by atoms with Gasteiger partial charge >= 0.3 is 0 Å². The molecule has 0 saturated carbocycles. The molecule has 3 heteroatoms. The molecule has 0 unspecified atom stereocenters. The Morgan fingerprint density at radius 2 is 1.95 bits per heavy atom. The Labute approximate surface area is 121 Å². The molecule has 0 aliphatic rings. The van der Waals surface area contributed by atoms with Crippen LogP contribution >= 0.6 is 15.9 Å². The predicted octanol–water partition coefficient (Wildman–Crippen LogP) is 4.46. The Bertz CT molecular complexity index is 744. The summed E-state index contributed by atoms with van der Waals surface area (Å²) in [7, 11) is 0. The topological polar surface area (TPSA) is 17.8 Å². The van der Waals surface area contributed by atoms with Gasteiger partial charge in [-0.1, -0.05) is 39.7 Å². The van der Waals surface area contributed by atoms with Crippen LogP contribution in [0.4, 0.5) is 0 Å². The highest BCUT2D eigenvalue weighted by molar-refractivity contribution is 9.10. The Morgan fingerprint density at radius 3 is 2.79 bits per heavy atom. The van der Waals surface area contributed by atoms with E-state index in [9.17, 15) is 0 Å². The monoisotopic (exact) mass is 314 g/mol. The second-order valence-electron chi connectivity index (χ2n) is 4.94. The number of halogens is 1. The molecule has 0 amide bonds. The molecule has 1 aromatic heterocycles. The van der Waals surface area contributed by atoms with Crippen molar-refractivity contribution >= 4 is 27.0 Å². The molecular formula is C16H15BrN2. The van der Waals surface area contributed by atoms with Gasteiger partial charge in [0.25, 0.3) is 0 Å². The normalized spacial score (nSPS) is 11.1. The standard InChI is InChI=1S/C16H15BrN2/c1-11-3-4-12(2)13(7-11)9-19-10-18-15-6-5-14(17)8-16(15)19/h3-8,10H,9H2,1-2H3. The number of rotatable bonds is 2. The van der Waals surface area contributed by atoms with E-state index in [2.05, 4.69) is 63.6 Å². The van der Waals surface area contributed by atoms with Crippen molar-refractivity contribution in [2.24, 2.45) is 0 Å². The maximum atomic E-state index is 4.45. The summed E-state index contributed by atoms with van der Waals surface area (Å²) in [4.78, 5) is 4.45. The van der Waals surface area contributed by atoms with Gasteiger partial charge in [-0.2, -0.15) is 0 Å². The second kappa shape index (κ2) is 4.82. The number of aryl methyl sites for hydroxylation is 2. The Morgan fingerprint density at radius 1 is 1.11 bits per heavy atom. The number of hydrogen-bond donors (Lipinski definition) is 0. The van der Waals surface area contributed by atoms with Crippen LogP contribution in [0.2, 0.25) is 0 Å². The number of hydrogen-bond acceptors (Lipinski definition) is 1. The largest absolute Gasteiger partial charge is 0.326 e. The first kappa shape index (κ1) is 12.4. The van der Waals surface area contributed by atoms with E-state index in [0.29, 0.717) is 0 Å². The summed E-state index contributed by atoms with van der Waals surface area (Å²) in [5.74, 6) is 0. The molecule has 1 heterocycles. The zero-order valence-corrected chi connectivity index (χ0v) is 12.6. The average Bonchev–Trinajstić information content (AvgIpc) is 2.77. The van der Waals surface area contributed by atoms with Gasteiger partial charge in [0.05, 0.1) is 17.4 Å². The molecule has 3 rings (SSSR count). The summed E-state index contributed by atoms with van der Waals surface area (Å²) < 4.78 is 3.28. The number of nitrogens with zero attached hydrogens (tertiary/aromatic N) is 2. The van der Waals surface area contributed by atoms with Gasteiger partial charge in [-0.25, -0.2) is 4.98 Å². The molecule has 0 bridgehead atoms. The third kappa shape index (κ3) is 2.43. The molecule has 2 aromatic carbocycles. The van der Waals surface area contributed by atoms with E-state index in [1.807, 2.05) is 18.5 Å². The Kier molecular flexibility index (Phi) is 3.15. The molecule has 0 aliphatic carbocycles. The third-order valence-corrected chi connectivity index (χ3v) is 3.92. The summed E-state index contributed by atoms with van der Waals surface area (Å²) in [5, 5.41) is 0. The molecule has 0 radical (unpaired) electrons. The van der Waals surface area contributed by atoms with Crippen LogP contribution in [-0.2, 0) is 6.54 Å². The Balaban J connectivity index is 2.05. The highest BCUT2D eigenvalue weighted by Crippen LogP contribution is 2.21. The van der Waals surface area contributed by atoms with Gasteiger partial charge in [0.2, 0.25) is 0 Å². The molecule has 0 N–H and O–H groups in total. The summed E-state index contributed by atoms with van der Waals surface area (Å²) in [5.41, 5.74) is 6.16. The predicted molar refractivity (Wildman–Crippen MR) is 82.5 cm³/mol. The molecule has 2 nitrogen and oxygen atoms in total. The summed E-state index contributed by atoms with van der Waals surface area (Å²) in [6.45, 7) is 5.15. The van der Waals surface area contributed by atoms with Crippen LogP contribution < -0.4 is 0 Å². The van der Waals surface area contributed by atoms with Crippen LogP contribution in [0.1, 0.15) is 16.7 Å². The summed E-state index contributed by atoms with van der Waals surface area (Å²) >= 11 is 3.52. The van der Waals surface area contributed by atoms with Crippen LogP contribution in [0.15, 0.2) is 47.2 Å². The highest BCUT2D eigenvalue weighted by atomic mass is 79.9. The molecular weight excluding hydrogens is 300 g/mol. The second-order valence-corrected chi connectivity index (χ2v) is 5.85. The number of imidazole rings is 1. The van der Waals surface area contributed by atoms with Crippen LogP contribution in [0.5, 0.6) is 0 Å². The molecule has 19 heavy (non-hydrogen) atoms. The zero-order valence-electron chi connectivity index (χ0n) is 11.0. The summed E-state index contributed by atoms with van der Waals surface area (Å²) in [6, 6.07) is 12.8. The van der Waals surface area contributed by atoms with Gasteiger partial charge in [-0.15, -0.1) is 0 Å². The fourth-order valence-electron chi connectivity index (χ4n) is 2.31. The van der Waals surface area contributed by atoms with E-state index in [1.54, 1.807) is 0 Å². The Hall–Kier alpha value is -1.61. The SMILES string of the molecule is Cc1ccc(C)c(Cn2cnc3ccc(Br)cc32)c1. The third-order valence-electron chi connectivity index (χ3n) is 3.43. The first-order chi connectivity index (χ1) is 9.13. The van der Waals surface area contributed by atoms with E-state index < -0.39 is 0 Å². The molecule has 3 aromatic rings. The van der Waals surface area contributed by atoms with Crippen LogP contribution in [0.3, 0.4) is 0 Å². The number of aromatic nitrogens is 2. The lowest BCUT2D eigenvalue weighted by molar-refractivity contribution is 0.817. The maximum absolute atomic E-state index is 4.45. The van der Waals surface area contributed by atoms with Gasteiger partial charge < -0.3 is 4.57 Å². The minimum Gasteiger partial charge on any atom is -0.326 e. The van der Waals surface area contributed by atoms with E-state index in [0.717, 1.165) is 22.1 Å². The van der Waals surface area contributed by atoms with Crippen molar-refractivity contribution in [1.82, 2.24) is 9.55 Å². The molecule has 0 fully saturated rings. The number of benzene rings is 2. The fourth-order valence-corrected chi connectivity index (χ4v) is 2.66. The fraction of sp³-hybridized carbons (Fsp3) is 0.188. The molecule has 96 valence electrons. The molecule has 0 aliphatic heterocycles. The van der Waals surface area contributed by atoms with Crippen LogP contribution in [0, 0.1) is 13.8 Å². The molecule has 0 saturated heterocycles. The van der Waals surface area contributed by atoms with Crippen LogP contribution in [-0.4, -0.2) is 9.55 Å². The minimum absolute atomic E-state index is 0.862. The smallest absolute Gasteiger partial charge is 0.0961 e. The average molecular weight is 315 g/mol. The first-order valence-electron chi connectivity index (χ1n) is 6.30. The van der Waals surface area contributed by atoms with E-state index in [1.165, 1.54) is 16.7 Å². The van der Waals surface area contributed by atoms with Crippen molar-refractivity contribution in [3.8, 4) is 0 Å². The summed E-state index contributed by atoms with van der Waals surface area (Å²) in [6.07, 6.45) is 1.92. The maximum Gasteiger partial charge on any atom is 0.0961 e. The van der Waals surface area contributed by atoms with Crippen molar-refractivity contribution in [2.75, 3.05) is 0 Å². The zero-order chi connectivity index (χ0) is 13.4. The molecule has 0 spiro atoms. The van der Waals surface area contributed by atoms with Gasteiger partial charge in [-0.3, -0.25) is 0 Å². The lowest BCUT2D eigenvalue weighted by atomic mass is 10.1. The minimum atomic E-state index is 0.862. The van der Waals surface area contributed by atoms with E-state index in [4.69, 9.17) is 0 Å². The quantitative estimate of drug-likeness (QED) is 0.682. The van der Waals surface area contributed by atoms with E-state index in [-0.39, 0.29) is 0 Å². The van der Waals surface area contributed by atoms with Gasteiger partial charge in [0.1, 0.15) is 0 Å². The molecule has 0 atom stereocenters. The van der Waals surface area contributed by atoms with Gasteiger partial charge in [0, 0.05) is 11.0 Å². The lowest BCUT2D eigenvalue weighted by Gasteiger charge is -2.09. The lowest BCUT2D eigenvalue weighted by Crippen LogP contribution is -2.00.